The van der Waals surface area contributed by atoms with Gasteiger partial charge in [0, 0.05) is 27.5 Å². The molecule has 8 heteroatoms. The van der Waals surface area contributed by atoms with Gasteiger partial charge in [-0.05, 0) is 24.3 Å². The maximum Gasteiger partial charge on any atom is 0.265 e. The van der Waals surface area contributed by atoms with Crippen LogP contribution in [0.4, 0.5) is 5.13 Å². The van der Waals surface area contributed by atoms with Gasteiger partial charge in [-0.15, -0.1) is 11.3 Å². The molecule has 26 heavy (non-hydrogen) atoms. The molecule has 2 aromatic heterocycles. The van der Waals surface area contributed by atoms with Crippen LogP contribution in [-0.4, -0.2) is 18.4 Å². The fourth-order valence-corrected chi connectivity index (χ4v) is 4.82. The molecule has 0 spiro atoms. The summed E-state index contributed by atoms with van der Waals surface area (Å²) in [6.45, 7) is 0. The smallest absolute Gasteiger partial charge is 0.255 e. The largest absolute Gasteiger partial charge is 0.265 e. The number of rotatable bonds is 4. The molecule has 1 N–H and O–H groups in total. The van der Waals surface area contributed by atoms with Crippen molar-refractivity contribution in [1.82, 2.24) is 9.97 Å². The first-order valence-corrected chi connectivity index (χ1v) is 10.3. The lowest BCUT2D eigenvalue weighted by atomic mass is 10.2. The highest BCUT2D eigenvalue weighted by atomic mass is 35.5. The van der Waals surface area contributed by atoms with E-state index in [9.17, 15) is 8.42 Å². The molecule has 2 heterocycles. The number of nitrogens with one attached hydrogen (secondary N) is 1. The van der Waals surface area contributed by atoms with E-state index in [1.165, 1.54) is 17.4 Å². The van der Waals surface area contributed by atoms with Crippen LogP contribution in [0.5, 0.6) is 0 Å². The Kier molecular flexibility index (Phi) is 4.36. The molecule has 5 nitrogen and oxygen atoms in total. The minimum absolute atomic E-state index is 0.124. The molecular weight excluding hydrogens is 390 g/mol. The fourth-order valence-electron chi connectivity index (χ4n) is 2.54. The lowest BCUT2D eigenvalue weighted by Gasteiger charge is -2.07. The third kappa shape index (κ3) is 3.29. The summed E-state index contributed by atoms with van der Waals surface area (Å²) in [6.07, 6.45) is 1.57. The van der Waals surface area contributed by atoms with Crippen LogP contribution in [0.25, 0.3) is 22.2 Å². The summed E-state index contributed by atoms with van der Waals surface area (Å²) in [7, 11) is -3.80. The van der Waals surface area contributed by atoms with Crippen LogP contribution in [0.1, 0.15) is 0 Å². The minimum Gasteiger partial charge on any atom is -0.255 e. The molecule has 2 aromatic carbocycles. The number of aromatic nitrogens is 2. The first-order chi connectivity index (χ1) is 12.5. The van der Waals surface area contributed by atoms with Crippen molar-refractivity contribution in [3.63, 3.8) is 0 Å². The summed E-state index contributed by atoms with van der Waals surface area (Å²) in [5.74, 6) is 0. The molecular formula is C18H12ClN3O2S2. The molecule has 0 saturated carbocycles. The molecule has 0 fully saturated rings. The first kappa shape index (κ1) is 17.0. The number of thiazole rings is 1. The summed E-state index contributed by atoms with van der Waals surface area (Å²) in [4.78, 5) is 8.69. The van der Waals surface area contributed by atoms with E-state index in [-0.39, 0.29) is 4.90 Å². The van der Waals surface area contributed by atoms with Crippen LogP contribution in [0.15, 0.2) is 71.1 Å². The van der Waals surface area contributed by atoms with E-state index in [1.807, 2.05) is 24.3 Å². The zero-order valence-corrected chi connectivity index (χ0v) is 15.6. The van der Waals surface area contributed by atoms with E-state index in [1.54, 1.807) is 35.8 Å². The fraction of sp³-hybridized carbons (Fsp3) is 0. The summed E-state index contributed by atoms with van der Waals surface area (Å²) >= 11 is 7.11. The van der Waals surface area contributed by atoms with Crippen molar-refractivity contribution in [2.75, 3.05) is 4.72 Å². The van der Waals surface area contributed by atoms with Crippen molar-refractivity contribution in [2.24, 2.45) is 0 Å². The topological polar surface area (TPSA) is 72.0 Å². The van der Waals surface area contributed by atoms with Gasteiger partial charge in [-0.1, -0.05) is 41.9 Å². The molecule has 0 saturated heterocycles. The molecule has 0 amide bonds. The molecule has 0 unspecified atom stereocenters. The first-order valence-electron chi connectivity index (χ1n) is 7.61. The van der Waals surface area contributed by atoms with Gasteiger partial charge >= 0.3 is 0 Å². The monoisotopic (exact) mass is 401 g/mol. The normalized spacial score (nSPS) is 11.6. The van der Waals surface area contributed by atoms with Crippen LogP contribution in [0, 0.1) is 0 Å². The molecule has 0 aliphatic heterocycles. The van der Waals surface area contributed by atoms with Crippen LogP contribution in [-0.2, 0) is 10.0 Å². The molecule has 0 aliphatic carbocycles. The van der Waals surface area contributed by atoms with Gasteiger partial charge in [-0.2, -0.15) is 0 Å². The van der Waals surface area contributed by atoms with E-state index in [0.29, 0.717) is 21.4 Å². The molecule has 0 atom stereocenters. The lowest BCUT2D eigenvalue weighted by molar-refractivity contribution is 0.602. The van der Waals surface area contributed by atoms with Crippen LogP contribution in [0.3, 0.4) is 0 Å². The molecule has 0 radical (unpaired) electrons. The van der Waals surface area contributed by atoms with Gasteiger partial charge in [0.15, 0.2) is 5.13 Å². The van der Waals surface area contributed by atoms with Gasteiger partial charge in [0.05, 0.1) is 11.2 Å². The van der Waals surface area contributed by atoms with E-state index < -0.39 is 10.0 Å². The van der Waals surface area contributed by atoms with Crippen molar-refractivity contribution in [2.45, 2.75) is 4.90 Å². The average molecular weight is 402 g/mol. The van der Waals surface area contributed by atoms with Crippen LogP contribution >= 0.6 is 22.9 Å². The van der Waals surface area contributed by atoms with E-state index >= 15 is 0 Å². The maximum absolute atomic E-state index is 12.8. The number of para-hydroxylation sites is 1. The molecule has 4 rings (SSSR count). The molecule has 4 aromatic rings. The number of pyridine rings is 1. The number of fused-ring (bicyclic) bond motifs is 1. The predicted octanol–water partition coefficient (Wildman–Crippen LogP) is 4.81. The number of benzene rings is 2. The Bertz CT molecular complexity index is 1180. The van der Waals surface area contributed by atoms with Crippen molar-refractivity contribution in [3.05, 3.63) is 71.2 Å². The Morgan fingerprint density at radius 1 is 1.00 bits per heavy atom. The zero-order chi connectivity index (χ0) is 18.1. The van der Waals surface area contributed by atoms with Gasteiger partial charge < -0.3 is 0 Å². The number of halogens is 1. The number of sulfonamides is 1. The summed E-state index contributed by atoms with van der Waals surface area (Å²) in [6, 6.07) is 15.8. The number of hydrogen-bond acceptors (Lipinski definition) is 5. The van der Waals surface area contributed by atoms with Crippen molar-refractivity contribution in [1.29, 1.82) is 0 Å². The Balaban J connectivity index is 1.67. The second-order valence-electron chi connectivity index (χ2n) is 5.48. The number of anilines is 1. The second-order valence-corrected chi connectivity index (χ2v) is 8.43. The Labute approximate surface area is 159 Å². The zero-order valence-electron chi connectivity index (χ0n) is 13.3. The lowest BCUT2D eigenvalue weighted by Crippen LogP contribution is -2.13. The summed E-state index contributed by atoms with van der Waals surface area (Å²) in [5.41, 5.74) is 1.97. The van der Waals surface area contributed by atoms with Crippen LogP contribution < -0.4 is 4.72 Å². The summed E-state index contributed by atoms with van der Waals surface area (Å²) < 4.78 is 28.1. The Morgan fingerprint density at radius 2 is 1.77 bits per heavy atom. The maximum atomic E-state index is 12.8. The van der Waals surface area contributed by atoms with Crippen molar-refractivity contribution >= 4 is 49.0 Å². The van der Waals surface area contributed by atoms with Gasteiger partial charge in [0.1, 0.15) is 4.90 Å². The van der Waals surface area contributed by atoms with E-state index in [2.05, 4.69) is 14.7 Å². The Hall–Kier alpha value is -2.48. The highest BCUT2D eigenvalue weighted by Gasteiger charge is 2.20. The van der Waals surface area contributed by atoms with Crippen LogP contribution in [0.2, 0.25) is 5.02 Å². The highest BCUT2D eigenvalue weighted by Crippen LogP contribution is 2.28. The number of hydrogen-bond donors (Lipinski definition) is 1. The Morgan fingerprint density at radius 3 is 2.58 bits per heavy atom. The minimum atomic E-state index is -3.80. The molecule has 130 valence electrons. The third-order valence-corrected chi connectivity index (χ3v) is 6.26. The van der Waals surface area contributed by atoms with E-state index in [4.69, 9.17) is 11.6 Å². The van der Waals surface area contributed by atoms with Gasteiger partial charge in [-0.3, -0.25) is 9.71 Å². The summed E-state index contributed by atoms with van der Waals surface area (Å²) in [5, 5.41) is 3.48. The standard InChI is InChI=1S/C18H12ClN3O2S2/c19-14-8-6-12(7-9-14)15-11-25-18(21-15)22-26(23,24)16-5-1-3-13-4-2-10-20-17(13)16/h1-11H,(H,21,22). The molecule has 0 aliphatic rings. The van der Waals surface area contributed by atoms with Crippen molar-refractivity contribution in [3.8, 4) is 11.3 Å². The predicted molar refractivity (Wildman–Crippen MR) is 105 cm³/mol. The third-order valence-electron chi connectivity index (χ3n) is 3.75. The van der Waals surface area contributed by atoms with Gasteiger partial charge in [0.2, 0.25) is 0 Å². The highest BCUT2D eigenvalue weighted by molar-refractivity contribution is 7.93. The number of nitrogens with zero attached hydrogens (tertiary/aromatic N) is 2. The second kappa shape index (κ2) is 6.68. The molecule has 0 bridgehead atoms. The average Bonchev–Trinajstić information content (AvgIpc) is 3.09. The van der Waals surface area contributed by atoms with E-state index in [0.717, 1.165) is 10.9 Å². The SMILES string of the molecule is O=S(=O)(Nc1nc(-c2ccc(Cl)cc2)cs1)c1cccc2cccnc12. The van der Waals surface area contributed by atoms with Crippen molar-refractivity contribution < 1.29 is 8.42 Å². The quantitative estimate of drug-likeness (QED) is 0.532. The van der Waals surface area contributed by atoms with Gasteiger partial charge in [-0.25, -0.2) is 13.4 Å². The van der Waals surface area contributed by atoms with Gasteiger partial charge in [0.25, 0.3) is 10.0 Å².